The van der Waals surface area contributed by atoms with Crippen LogP contribution in [0.1, 0.15) is 0 Å². The molecule has 0 N–H and O–H groups in total. The molecule has 0 aliphatic rings. The molecule has 0 aliphatic carbocycles. The Kier molecular flexibility index (Phi) is 2.66. The summed E-state index contributed by atoms with van der Waals surface area (Å²) in [5, 5.41) is 0. The molecule has 2 rings (SSSR count). The molecule has 15 heavy (non-hydrogen) atoms. The van der Waals surface area contributed by atoms with Crippen LogP contribution in [-0.2, 0) is 0 Å². The molecule has 0 saturated carbocycles. The van der Waals surface area contributed by atoms with Gasteiger partial charge in [-0.15, -0.1) is 0 Å². The summed E-state index contributed by atoms with van der Waals surface area (Å²) >= 11 is -2.47. The van der Waals surface area contributed by atoms with Gasteiger partial charge >= 0.3 is 92.5 Å². The van der Waals surface area contributed by atoms with Crippen LogP contribution >= 0.6 is 0 Å². The van der Waals surface area contributed by atoms with Crippen molar-refractivity contribution in [1.29, 1.82) is 0 Å². The maximum absolute atomic E-state index is 13.7. The molecule has 0 aliphatic heterocycles. The van der Waals surface area contributed by atoms with E-state index in [9.17, 15) is 4.39 Å². The van der Waals surface area contributed by atoms with Crippen LogP contribution in [0.25, 0.3) is 11.0 Å². The van der Waals surface area contributed by atoms with Crippen molar-refractivity contribution in [2.45, 2.75) is 14.8 Å². The van der Waals surface area contributed by atoms with E-state index in [1.807, 2.05) is 18.2 Å². The molecule has 0 fully saturated rings. The number of hydrogen-bond acceptors (Lipinski definition) is 2. The molecule has 1 aromatic carbocycles. The molecule has 4 heteroatoms. The molecular formula is C11H13FN2Sn. The van der Waals surface area contributed by atoms with Gasteiger partial charge < -0.3 is 0 Å². The van der Waals surface area contributed by atoms with Crippen LogP contribution < -0.4 is 3.71 Å². The number of para-hydroxylation sites is 2. The molecule has 0 atom stereocenters. The normalized spacial score (nSPS) is 12.0. The fourth-order valence-electron chi connectivity index (χ4n) is 1.46. The average Bonchev–Trinajstić information content (AvgIpc) is 2.15. The fraction of sp³-hybridized carbons (Fsp3) is 0.273. The number of nitrogens with zero attached hydrogens (tertiary/aromatic N) is 2. The van der Waals surface area contributed by atoms with Crippen LogP contribution in [-0.4, -0.2) is 28.3 Å². The van der Waals surface area contributed by atoms with Crippen LogP contribution in [0.3, 0.4) is 0 Å². The van der Waals surface area contributed by atoms with Crippen LogP contribution in [0.4, 0.5) is 4.39 Å². The zero-order valence-electron chi connectivity index (χ0n) is 9.08. The Labute approximate surface area is 92.4 Å². The standard InChI is InChI=1S/C8H4FN2.3CH3.Sn/c9-8-5-10-6-3-1-2-4-7(6)11-8;;;;/h1-4H;3*1H3;. The first-order valence-electron chi connectivity index (χ1n) is 4.91. The minimum atomic E-state index is -2.47. The quantitative estimate of drug-likeness (QED) is 0.756. The van der Waals surface area contributed by atoms with Gasteiger partial charge in [-0.25, -0.2) is 0 Å². The first kappa shape index (κ1) is 10.8. The first-order chi connectivity index (χ1) is 6.98. The van der Waals surface area contributed by atoms with Gasteiger partial charge in [-0.3, -0.25) is 0 Å². The Bertz CT molecular complexity index is 505. The molecule has 2 aromatic rings. The number of benzene rings is 1. The monoisotopic (exact) mass is 312 g/mol. The summed E-state index contributed by atoms with van der Waals surface area (Å²) in [7, 11) is 0. The molecule has 0 radical (unpaired) electrons. The average molecular weight is 311 g/mol. The van der Waals surface area contributed by atoms with E-state index in [-0.39, 0.29) is 5.95 Å². The molecule has 0 bridgehead atoms. The molecule has 0 amide bonds. The van der Waals surface area contributed by atoms with Crippen molar-refractivity contribution in [2.24, 2.45) is 0 Å². The Morgan fingerprint density at radius 2 is 1.53 bits per heavy atom. The SMILES string of the molecule is [CH3][Sn]([CH3])([CH3])[c]1nc2ccccc2nc1F. The Balaban J connectivity index is 2.73. The summed E-state index contributed by atoms with van der Waals surface area (Å²) in [5.41, 5.74) is 1.43. The van der Waals surface area contributed by atoms with Gasteiger partial charge in [0.2, 0.25) is 0 Å². The topological polar surface area (TPSA) is 25.8 Å². The Hall–Kier alpha value is -0.711. The Morgan fingerprint density at radius 1 is 1.00 bits per heavy atom. The number of hydrogen-bond donors (Lipinski definition) is 0. The van der Waals surface area contributed by atoms with Crippen molar-refractivity contribution in [2.75, 3.05) is 0 Å². The predicted molar refractivity (Wildman–Crippen MR) is 62.5 cm³/mol. The van der Waals surface area contributed by atoms with Crippen LogP contribution in [0.2, 0.25) is 14.8 Å². The van der Waals surface area contributed by atoms with Gasteiger partial charge in [0.05, 0.1) is 0 Å². The van der Waals surface area contributed by atoms with E-state index in [0.717, 1.165) is 5.52 Å². The number of aromatic nitrogens is 2. The summed E-state index contributed by atoms with van der Waals surface area (Å²) < 4.78 is 14.3. The van der Waals surface area contributed by atoms with E-state index in [1.165, 1.54) is 0 Å². The summed E-state index contributed by atoms with van der Waals surface area (Å²) in [5.74, 6) is -0.378. The second kappa shape index (κ2) is 3.70. The van der Waals surface area contributed by atoms with E-state index in [4.69, 9.17) is 0 Å². The molecule has 2 nitrogen and oxygen atoms in total. The van der Waals surface area contributed by atoms with Crippen LogP contribution in [0.15, 0.2) is 24.3 Å². The van der Waals surface area contributed by atoms with E-state index in [0.29, 0.717) is 9.23 Å². The van der Waals surface area contributed by atoms with Gasteiger partial charge in [-0.05, 0) is 0 Å². The van der Waals surface area contributed by atoms with Gasteiger partial charge in [0, 0.05) is 0 Å². The van der Waals surface area contributed by atoms with Crippen molar-refractivity contribution < 1.29 is 4.39 Å². The van der Waals surface area contributed by atoms with E-state index < -0.39 is 18.4 Å². The van der Waals surface area contributed by atoms with Gasteiger partial charge in [0.15, 0.2) is 0 Å². The summed E-state index contributed by atoms with van der Waals surface area (Å²) in [6.45, 7) is 0. The number of fused-ring (bicyclic) bond motifs is 1. The van der Waals surface area contributed by atoms with E-state index >= 15 is 0 Å². The third-order valence-electron chi connectivity index (χ3n) is 2.24. The maximum atomic E-state index is 13.7. The number of halogens is 1. The third kappa shape index (κ3) is 2.12. The van der Waals surface area contributed by atoms with Crippen LogP contribution in [0, 0.1) is 5.95 Å². The molecular weight excluding hydrogens is 298 g/mol. The summed E-state index contributed by atoms with van der Waals surface area (Å²) in [6, 6.07) is 7.41. The van der Waals surface area contributed by atoms with Crippen molar-refractivity contribution in [1.82, 2.24) is 9.97 Å². The second-order valence-electron chi connectivity index (χ2n) is 4.60. The van der Waals surface area contributed by atoms with Crippen molar-refractivity contribution in [3.8, 4) is 0 Å². The molecule has 78 valence electrons. The van der Waals surface area contributed by atoms with Gasteiger partial charge in [-0.1, -0.05) is 0 Å². The van der Waals surface area contributed by atoms with Gasteiger partial charge in [0.1, 0.15) is 0 Å². The first-order valence-corrected chi connectivity index (χ1v) is 14.9. The Morgan fingerprint density at radius 3 is 2.07 bits per heavy atom. The van der Waals surface area contributed by atoms with Crippen LogP contribution in [0.5, 0.6) is 0 Å². The van der Waals surface area contributed by atoms with Crippen molar-refractivity contribution in [3.63, 3.8) is 0 Å². The summed E-state index contributed by atoms with van der Waals surface area (Å²) in [6.07, 6.45) is 0. The number of rotatable bonds is 1. The molecule has 0 spiro atoms. The fourth-order valence-corrected chi connectivity index (χ4v) is 4.68. The minimum absolute atomic E-state index is 0.378. The molecule has 0 unspecified atom stereocenters. The molecule has 0 saturated heterocycles. The van der Waals surface area contributed by atoms with Crippen molar-refractivity contribution in [3.05, 3.63) is 30.2 Å². The predicted octanol–water partition coefficient (Wildman–Crippen LogP) is 2.31. The third-order valence-corrected chi connectivity index (χ3v) is 7.20. The second-order valence-corrected chi connectivity index (χ2v) is 18.8. The van der Waals surface area contributed by atoms with Gasteiger partial charge in [-0.2, -0.15) is 0 Å². The molecule has 1 aromatic heterocycles. The zero-order valence-corrected chi connectivity index (χ0v) is 11.9. The van der Waals surface area contributed by atoms with Crippen molar-refractivity contribution >= 4 is 33.1 Å². The molecule has 1 heterocycles. The zero-order chi connectivity index (χ0) is 11.1. The van der Waals surface area contributed by atoms with E-state index in [1.54, 1.807) is 6.07 Å². The summed E-state index contributed by atoms with van der Waals surface area (Å²) in [4.78, 5) is 14.8. The van der Waals surface area contributed by atoms with E-state index in [2.05, 4.69) is 24.8 Å². The van der Waals surface area contributed by atoms with Gasteiger partial charge in [0.25, 0.3) is 0 Å².